The molecule has 1 aromatic carbocycles. The van der Waals surface area contributed by atoms with Gasteiger partial charge in [0.1, 0.15) is 5.75 Å². The monoisotopic (exact) mass is 289 g/mol. The van der Waals surface area contributed by atoms with E-state index in [4.69, 9.17) is 4.74 Å². The van der Waals surface area contributed by atoms with Gasteiger partial charge in [-0.1, -0.05) is 45.7 Å². The van der Waals surface area contributed by atoms with Crippen LogP contribution in [0.25, 0.3) is 0 Å². The lowest BCUT2D eigenvalue weighted by atomic mass is 9.89. The van der Waals surface area contributed by atoms with E-state index in [1.54, 1.807) is 0 Å². The minimum Gasteiger partial charge on any atom is -0.494 e. The number of hydrogen-bond acceptors (Lipinski definition) is 2. The molecule has 0 spiro atoms. The number of ether oxygens (including phenoxy) is 1. The van der Waals surface area contributed by atoms with Gasteiger partial charge in [-0.3, -0.25) is 0 Å². The van der Waals surface area contributed by atoms with E-state index in [-0.39, 0.29) is 0 Å². The largest absolute Gasteiger partial charge is 0.494 e. The third-order valence-corrected chi connectivity index (χ3v) is 4.58. The molecule has 21 heavy (non-hydrogen) atoms. The first kappa shape index (κ1) is 16.4. The average Bonchev–Trinajstić information content (AvgIpc) is 2.87. The molecule has 118 valence electrons. The maximum absolute atomic E-state index is 5.75. The maximum Gasteiger partial charge on any atom is 0.119 e. The summed E-state index contributed by atoms with van der Waals surface area (Å²) in [4.78, 5) is 0. The second kappa shape index (κ2) is 7.84. The average molecular weight is 289 g/mol. The van der Waals surface area contributed by atoms with E-state index in [9.17, 15) is 0 Å². The first-order chi connectivity index (χ1) is 10.1. The van der Waals surface area contributed by atoms with E-state index < -0.39 is 0 Å². The van der Waals surface area contributed by atoms with Crippen molar-refractivity contribution in [2.75, 3.05) is 13.2 Å². The predicted octanol–water partition coefficient (Wildman–Crippen LogP) is 4.78. The molecule has 2 rings (SSSR count). The van der Waals surface area contributed by atoms with Gasteiger partial charge in [0.25, 0.3) is 0 Å². The zero-order chi connectivity index (χ0) is 15.1. The fraction of sp³-hybridized carbons (Fsp3) is 0.684. The first-order valence-electron chi connectivity index (χ1n) is 8.50. The molecule has 0 unspecified atom stereocenters. The Bertz CT molecular complexity index is 404. The highest BCUT2D eigenvalue weighted by atomic mass is 16.5. The molecule has 2 nitrogen and oxygen atoms in total. The van der Waals surface area contributed by atoms with Crippen molar-refractivity contribution in [1.29, 1.82) is 0 Å². The summed E-state index contributed by atoms with van der Waals surface area (Å²) in [6.07, 6.45) is 6.67. The number of benzene rings is 1. The Labute approximate surface area is 130 Å². The van der Waals surface area contributed by atoms with Crippen LogP contribution < -0.4 is 10.1 Å². The first-order valence-corrected chi connectivity index (χ1v) is 8.50. The molecular formula is C19H31NO. The molecule has 0 atom stereocenters. The van der Waals surface area contributed by atoms with Crippen LogP contribution in [0.1, 0.15) is 58.4 Å². The van der Waals surface area contributed by atoms with Gasteiger partial charge in [0, 0.05) is 13.1 Å². The highest BCUT2D eigenvalue weighted by Gasteiger charge is 2.27. The van der Waals surface area contributed by atoms with Crippen LogP contribution in [0.2, 0.25) is 0 Å². The standard InChI is InChI=1S/C19H31NO/c1-16(2)10-13-21-18-8-6-17(7-9-18)14-20-15-19(3)11-4-5-12-19/h6-9,16,20H,4-5,10-15H2,1-3H3. The molecule has 0 aliphatic heterocycles. The molecule has 1 N–H and O–H groups in total. The van der Waals surface area contributed by atoms with Crippen molar-refractivity contribution < 1.29 is 4.74 Å². The van der Waals surface area contributed by atoms with Gasteiger partial charge >= 0.3 is 0 Å². The summed E-state index contributed by atoms with van der Waals surface area (Å²) in [5.74, 6) is 1.69. The van der Waals surface area contributed by atoms with Gasteiger partial charge in [-0.2, -0.15) is 0 Å². The van der Waals surface area contributed by atoms with Gasteiger partial charge in [-0.25, -0.2) is 0 Å². The summed E-state index contributed by atoms with van der Waals surface area (Å²) >= 11 is 0. The predicted molar refractivity (Wildman–Crippen MR) is 89.7 cm³/mol. The lowest BCUT2D eigenvalue weighted by Crippen LogP contribution is -2.29. The van der Waals surface area contributed by atoms with Crippen molar-refractivity contribution in [2.45, 2.75) is 59.4 Å². The van der Waals surface area contributed by atoms with Crippen LogP contribution >= 0.6 is 0 Å². The summed E-state index contributed by atoms with van der Waals surface area (Å²) in [5.41, 5.74) is 1.87. The molecule has 0 radical (unpaired) electrons. The van der Waals surface area contributed by atoms with Gasteiger partial charge in [0.15, 0.2) is 0 Å². The van der Waals surface area contributed by atoms with Crippen LogP contribution in [-0.2, 0) is 6.54 Å². The van der Waals surface area contributed by atoms with Gasteiger partial charge in [-0.15, -0.1) is 0 Å². The number of rotatable bonds is 8. The summed E-state index contributed by atoms with van der Waals surface area (Å²) in [6, 6.07) is 8.53. The highest BCUT2D eigenvalue weighted by molar-refractivity contribution is 5.27. The van der Waals surface area contributed by atoms with Gasteiger partial charge in [0.05, 0.1) is 6.61 Å². The van der Waals surface area contributed by atoms with Crippen molar-refractivity contribution in [3.8, 4) is 5.75 Å². The summed E-state index contributed by atoms with van der Waals surface area (Å²) in [5, 5.41) is 3.62. The second-order valence-corrected chi connectivity index (χ2v) is 7.30. The topological polar surface area (TPSA) is 21.3 Å². The minimum absolute atomic E-state index is 0.528. The molecule has 0 bridgehead atoms. The van der Waals surface area contributed by atoms with Crippen molar-refractivity contribution >= 4 is 0 Å². The van der Waals surface area contributed by atoms with Gasteiger partial charge in [0.2, 0.25) is 0 Å². The third-order valence-electron chi connectivity index (χ3n) is 4.58. The molecule has 1 aliphatic carbocycles. The van der Waals surface area contributed by atoms with Crippen LogP contribution in [0, 0.1) is 11.3 Å². The second-order valence-electron chi connectivity index (χ2n) is 7.30. The minimum atomic E-state index is 0.528. The van der Waals surface area contributed by atoms with Crippen LogP contribution in [0.3, 0.4) is 0 Å². The Hall–Kier alpha value is -1.02. The lowest BCUT2D eigenvalue weighted by molar-refractivity contribution is 0.289. The third kappa shape index (κ3) is 5.70. The molecule has 0 aromatic heterocycles. The normalized spacial score (nSPS) is 17.3. The summed E-state index contributed by atoms with van der Waals surface area (Å²) in [6.45, 7) is 9.78. The van der Waals surface area contributed by atoms with E-state index in [0.717, 1.165) is 31.9 Å². The molecule has 0 heterocycles. The van der Waals surface area contributed by atoms with Crippen molar-refractivity contribution in [3.63, 3.8) is 0 Å². The van der Waals surface area contributed by atoms with Crippen molar-refractivity contribution in [3.05, 3.63) is 29.8 Å². The molecular weight excluding hydrogens is 258 g/mol. The summed E-state index contributed by atoms with van der Waals surface area (Å²) < 4.78 is 5.75. The smallest absolute Gasteiger partial charge is 0.119 e. The van der Waals surface area contributed by atoms with Gasteiger partial charge < -0.3 is 10.1 Å². The molecule has 1 aromatic rings. The quantitative estimate of drug-likeness (QED) is 0.743. The molecule has 0 saturated heterocycles. The summed E-state index contributed by atoms with van der Waals surface area (Å²) in [7, 11) is 0. The van der Waals surface area contributed by atoms with E-state index in [0.29, 0.717) is 11.3 Å². The zero-order valence-corrected chi connectivity index (χ0v) is 14.0. The maximum atomic E-state index is 5.75. The Morgan fingerprint density at radius 2 is 1.81 bits per heavy atom. The van der Waals surface area contributed by atoms with Crippen LogP contribution in [0.15, 0.2) is 24.3 Å². The fourth-order valence-corrected chi connectivity index (χ4v) is 3.03. The van der Waals surface area contributed by atoms with Crippen LogP contribution in [0.5, 0.6) is 5.75 Å². The molecule has 1 fully saturated rings. The van der Waals surface area contributed by atoms with Crippen LogP contribution in [-0.4, -0.2) is 13.2 Å². The van der Waals surface area contributed by atoms with E-state index in [1.807, 2.05) is 0 Å². The molecule has 2 heteroatoms. The van der Waals surface area contributed by atoms with Crippen molar-refractivity contribution in [2.24, 2.45) is 11.3 Å². The number of hydrogen-bond donors (Lipinski definition) is 1. The Morgan fingerprint density at radius 1 is 1.14 bits per heavy atom. The van der Waals surface area contributed by atoms with Crippen LogP contribution in [0.4, 0.5) is 0 Å². The molecule has 1 aliphatic rings. The number of nitrogens with one attached hydrogen (secondary N) is 1. The highest BCUT2D eigenvalue weighted by Crippen LogP contribution is 2.36. The van der Waals surface area contributed by atoms with E-state index in [1.165, 1.54) is 31.2 Å². The molecule has 0 amide bonds. The van der Waals surface area contributed by atoms with E-state index >= 15 is 0 Å². The molecule has 1 saturated carbocycles. The fourth-order valence-electron chi connectivity index (χ4n) is 3.03. The SMILES string of the molecule is CC(C)CCOc1ccc(CNCC2(C)CCCC2)cc1. The Balaban J connectivity index is 1.69. The van der Waals surface area contributed by atoms with Gasteiger partial charge in [-0.05, 0) is 48.3 Å². The Kier molecular flexibility index (Phi) is 6.10. The van der Waals surface area contributed by atoms with Crippen molar-refractivity contribution in [1.82, 2.24) is 5.32 Å². The zero-order valence-electron chi connectivity index (χ0n) is 14.0. The Morgan fingerprint density at radius 3 is 2.43 bits per heavy atom. The van der Waals surface area contributed by atoms with E-state index in [2.05, 4.69) is 50.4 Å². The lowest BCUT2D eigenvalue weighted by Gasteiger charge is -2.23.